The lowest BCUT2D eigenvalue weighted by atomic mass is 9.96. The van der Waals surface area contributed by atoms with E-state index in [1.54, 1.807) is 12.3 Å². The molecule has 2 atom stereocenters. The lowest BCUT2D eigenvalue weighted by Gasteiger charge is -2.08. The molecule has 1 amide bonds. The Bertz CT molecular complexity index is 1190. The maximum atomic E-state index is 13.6. The predicted octanol–water partition coefficient (Wildman–Crippen LogP) is 4.61. The second kappa shape index (κ2) is 6.09. The van der Waals surface area contributed by atoms with E-state index in [-0.39, 0.29) is 12.3 Å². The van der Waals surface area contributed by atoms with Crippen LogP contribution in [0.15, 0.2) is 36.5 Å². The van der Waals surface area contributed by atoms with Crippen molar-refractivity contribution in [1.82, 2.24) is 15.2 Å². The number of hydrogen-bond acceptors (Lipinski definition) is 4. The van der Waals surface area contributed by atoms with Gasteiger partial charge in [-0.3, -0.25) is 9.89 Å². The molecule has 1 fully saturated rings. The van der Waals surface area contributed by atoms with Crippen molar-refractivity contribution in [3.63, 3.8) is 0 Å². The average Bonchev–Trinajstić information content (AvgIpc) is 3.07. The Kier molecular flexibility index (Phi) is 3.68. The summed E-state index contributed by atoms with van der Waals surface area (Å²) >= 11 is 1.32. The first-order chi connectivity index (χ1) is 13.1. The van der Waals surface area contributed by atoms with E-state index in [0.29, 0.717) is 10.7 Å². The molecule has 27 heavy (non-hydrogen) atoms. The number of aromatic amines is 1. The maximum Gasteiger partial charge on any atom is 0.232 e. The second-order valence-electron chi connectivity index (χ2n) is 6.61. The van der Waals surface area contributed by atoms with Gasteiger partial charge in [0.1, 0.15) is 12.8 Å². The number of alkyl halides is 2. The minimum absolute atomic E-state index is 0.279. The average molecular weight is 384 g/mol. The number of fused-ring (bicyclic) bond motifs is 2. The van der Waals surface area contributed by atoms with Crippen molar-refractivity contribution in [3.05, 3.63) is 42.1 Å². The van der Waals surface area contributed by atoms with Gasteiger partial charge in [-0.1, -0.05) is 23.5 Å². The minimum Gasteiger partial charge on any atom is -0.302 e. The lowest BCUT2D eigenvalue weighted by Crippen LogP contribution is -2.14. The topological polar surface area (TPSA) is 70.7 Å². The van der Waals surface area contributed by atoms with Crippen molar-refractivity contribution in [1.29, 1.82) is 0 Å². The molecule has 0 spiro atoms. The number of H-pyrrole nitrogens is 1. The summed E-state index contributed by atoms with van der Waals surface area (Å²) in [4.78, 5) is 16.3. The van der Waals surface area contributed by atoms with E-state index in [1.165, 1.54) is 11.3 Å². The van der Waals surface area contributed by atoms with Gasteiger partial charge >= 0.3 is 0 Å². The molecule has 0 saturated heterocycles. The first-order valence-corrected chi connectivity index (χ1v) is 9.32. The highest BCUT2D eigenvalue weighted by atomic mass is 32.1. The molecule has 8 heteroatoms. The van der Waals surface area contributed by atoms with Crippen LogP contribution < -0.4 is 5.32 Å². The lowest BCUT2D eigenvalue weighted by molar-refractivity contribution is -0.117. The van der Waals surface area contributed by atoms with Crippen LogP contribution in [0.25, 0.3) is 32.2 Å². The third-order valence-corrected chi connectivity index (χ3v) is 5.74. The second-order valence-corrected chi connectivity index (χ2v) is 7.64. The molecule has 4 aromatic rings. The minimum atomic E-state index is -1.04. The zero-order valence-electron chi connectivity index (χ0n) is 14.0. The smallest absolute Gasteiger partial charge is 0.232 e. The van der Waals surface area contributed by atoms with Gasteiger partial charge in [0.05, 0.1) is 27.8 Å². The Morgan fingerprint density at radius 2 is 2.19 bits per heavy atom. The molecular weight excluding hydrogens is 370 g/mol. The van der Waals surface area contributed by atoms with Gasteiger partial charge in [-0.05, 0) is 41.3 Å². The molecule has 0 radical (unpaired) electrons. The van der Waals surface area contributed by atoms with Crippen molar-refractivity contribution >= 4 is 43.5 Å². The molecule has 5 nitrogen and oxygen atoms in total. The number of nitrogens with one attached hydrogen (secondary N) is 2. The zero-order valence-corrected chi connectivity index (χ0v) is 14.8. The Morgan fingerprint density at radius 3 is 2.96 bits per heavy atom. The molecule has 1 saturated carbocycles. The quantitative estimate of drug-likeness (QED) is 0.540. The molecule has 0 aliphatic heterocycles. The Morgan fingerprint density at radius 1 is 1.33 bits per heavy atom. The molecule has 5 rings (SSSR count). The van der Waals surface area contributed by atoms with Gasteiger partial charge in [0.15, 0.2) is 5.13 Å². The third-order valence-electron chi connectivity index (χ3n) is 4.81. The Labute approximate surface area is 156 Å². The molecule has 1 aliphatic rings. The number of carbonyl (C=O) groups excluding carboxylic acids is 1. The highest BCUT2D eigenvalue weighted by molar-refractivity contribution is 7.22. The summed E-state index contributed by atoms with van der Waals surface area (Å²) in [5.74, 6) is -0.886. The molecule has 1 aliphatic carbocycles. The molecule has 2 aromatic carbocycles. The summed E-state index contributed by atoms with van der Waals surface area (Å²) in [6.07, 6.45) is 0.928. The fourth-order valence-corrected chi connectivity index (χ4v) is 4.19. The number of hydrogen-bond donors (Lipinski definition) is 2. The van der Waals surface area contributed by atoms with Crippen molar-refractivity contribution in [3.8, 4) is 11.1 Å². The molecule has 0 bridgehead atoms. The fourth-order valence-electron chi connectivity index (χ4n) is 3.28. The number of carbonyl (C=O) groups is 1. The molecule has 2 N–H and O–H groups in total. The number of halogens is 2. The van der Waals surface area contributed by atoms with E-state index < -0.39 is 18.8 Å². The summed E-state index contributed by atoms with van der Waals surface area (Å²) in [5, 5.41) is 10.9. The van der Waals surface area contributed by atoms with Crippen LogP contribution in [-0.4, -0.2) is 27.3 Å². The van der Waals surface area contributed by atoms with Gasteiger partial charge in [0.25, 0.3) is 0 Å². The first-order valence-electron chi connectivity index (χ1n) is 8.51. The zero-order chi connectivity index (χ0) is 18.5. The van der Waals surface area contributed by atoms with Crippen molar-refractivity contribution < 1.29 is 13.6 Å². The summed E-state index contributed by atoms with van der Waals surface area (Å²) < 4.78 is 27.5. The van der Waals surface area contributed by atoms with Gasteiger partial charge in [-0.25, -0.2) is 13.8 Å². The standard InChI is InChI=1S/C19H14F2N4OS/c20-7-10-2-3-14-12(8-22-25-14)17(10)9-1-4-15-16(5-9)27-19(23-15)24-18(26)11-6-13(11)21/h1-5,8,11,13H,6-7H2,(H,22,25)(H,23,24,26)/t11?,13-/m0/s1. The van der Waals surface area contributed by atoms with Crippen molar-refractivity contribution in [2.24, 2.45) is 5.92 Å². The van der Waals surface area contributed by atoms with E-state index >= 15 is 0 Å². The number of nitrogens with zero attached hydrogens (tertiary/aromatic N) is 2. The Balaban J connectivity index is 1.55. The van der Waals surface area contributed by atoms with Crippen LogP contribution >= 0.6 is 11.3 Å². The van der Waals surface area contributed by atoms with E-state index in [2.05, 4.69) is 20.5 Å². The van der Waals surface area contributed by atoms with Crippen molar-refractivity contribution in [2.45, 2.75) is 19.3 Å². The van der Waals surface area contributed by atoms with Gasteiger partial charge in [0, 0.05) is 5.39 Å². The Hall–Kier alpha value is -2.87. The van der Waals surface area contributed by atoms with Crippen LogP contribution in [0.2, 0.25) is 0 Å². The van der Waals surface area contributed by atoms with Crippen LogP contribution in [0.1, 0.15) is 12.0 Å². The normalized spacial score (nSPS) is 18.9. The molecule has 1 unspecified atom stereocenters. The molecule has 2 aromatic heterocycles. The number of aromatic nitrogens is 3. The van der Waals surface area contributed by atoms with E-state index in [0.717, 1.165) is 32.2 Å². The number of rotatable bonds is 4. The predicted molar refractivity (Wildman–Crippen MR) is 101 cm³/mol. The first kappa shape index (κ1) is 16.3. The largest absolute Gasteiger partial charge is 0.302 e. The number of anilines is 1. The highest BCUT2D eigenvalue weighted by Gasteiger charge is 2.43. The van der Waals surface area contributed by atoms with E-state index in [1.807, 2.05) is 24.3 Å². The van der Waals surface area contributed by atoms with Crippen LogP contribution in [0.4, 0.5) is 13.9 Å². The number of thiazole rings is 1. The summed E-state index contributed by atoms with van der Waals surface area (Å²) in [7, 11) is 0. The monoisotopic (exact) mass is 384 g/mol. The number of benzene rings is 2. The molecule has 136 valence electrons. The van der Waals surface area contributed by atoms with Gasteiger partial charge < -0.3 is 5.32 Å². The summed E-state index contributed by atoms with van der Waals surface area (Å²) in [6.45, 7) is -0.579. The summed E-state index contributed by atoms with van der Waals surface area (Å²) in [5.41, 5.74) is 3.80. The SMILES string of the molecule is O=C(Nc1nc2ccc(-c3c(CF)ccc4[nH]ncc34)cc2s1)C1C[C@@H]1F. The fraction of sp³-hybridized carbons (Fsp3) is 0.211. The van der Waals surface area contributed by atoms with Crippen LogP contribution in [-0.2, 0) is 11.5 Å². The van der Waals surface area contributed by atoms with Gasteiger partial charge in [-0.15, -0.1) is 0 Å². The van der Waals surface area contributed by atoms with E-state index in [4.69, 9.17) is 0 Å². The van der Waals surface area contributed by atoms with Crippen LogP contribution in [0.5, 0.6) is 0 Å². The highest BCUT2D eigenvalue weighted by Crippen LogP contribution is 2.38. The van der Waals surface area contributed by atoms with Crippen molar-refractivity contribution in [2.75, 3.05) is 5.32 Å². The molecule has 2 heterocycles. The maximum absolute atomic E-state index is 13.6. The van der Waals surface area contributed by atoms with Gasteiger partial charge in [0.2, 0.25) is 5.91 Å². The van der Waals surface area contributed by atoms with Gasteiger partial charge in [-0.2, -0.15) is 5.10 Å². The van der Waals surface area contributed by atoms with E-state index in [9.17, 15) is 13.6 Å². The number of amides is 1. The summed E-state index contributed by atoms with van der Waals surface area (Å²) in [6, 6.07) is 9.22. The van der Waals surface area contributed by atoms with Crippen LogP contribution in [0, 0.1) is 5.92 Å². The van der Waals surface area contributed by atoms with Crippen LogP contribution in [0.3, 0.4) is 0 Å². The molecular formula is C19H14F2N4OS. The third kappa shape index (κ3) is 2.76.